The number of hydrogen-bond acceptors (Lipinski definition) is 3. The molecule has 0 heterocycles. The fourth-order valence-corrected chi connectivity index (χ4v) is 3.83. The summed E-state index contributed by atoms with van der Waals surface area (Å²) in [5.74, 6) is 0.502. The maximum absolute atomic E-state index is 12.6. The summed E-state index contributed by atoms with van der Waals surface area (Å²) in [6.45, 7) is 4.36. The van der Waals surface area contributed by atoms with Gasteiger partial charge in [-0.15, -0.1) is 0 Å². The van der Waals surface area contributed by atoms with Crippen molar-refractivity contribution in [3.05, 3.63) is 23.2 Å². The molecule has 1 aliphatic carbocycles. The Balaban J connectivity index is 2.34. The van der Waals surface area contributed by atoms with Gasteiger partial charge in [0, 0.05) is 12.6 Å². The molecule has 6 heteroatoms. The van der Waals surface area contributed by atoms with Crippen LogP contribution in [0.2, 0.25) is 5.02 Å². The van der Waals surface area contributed by atoms with Gasteiger partial charge in [0.2, 0.25) is 10.0 Å². The van der Waals surface area contributed by atoms with Crippen molar-refractivity contribution >= 4 is 27.3 Å². The van der Waals surface area contributed by atoms with E-state index in [0.29, 0.717) is 17.5 Å². The van der Waals surface area contributed by atoms with Gasteiger partial charge in [-0.3, -0.25) is 0 Å². The van der Waals surface area contributed by atoms with Gasteiger partial charge < -0.3 is 5.73 Å². The van der Waals surface area contributed by atoms with E-state index in [4.69, 9.17) is 17.3 Å². The SMILES string of the molecule is CC(C)N(CC1CC1)S(=O)(=O)c1ccc(Cl)c(N)c1. The Hall–Kier alpha value is -0.780. The molecule has 19 heavy (non-hydrogen) atoms. The lowest BCUT2D eigenvalue weighted by Gasteiger charge is -2.26. The third-order valence-electron chi connectivity index (χ3n) is 3.29. The van der Waals surface area contributed by atoms with E-state index < -0.39 is 10.0 Å². The van der Waals surface area contributed by atoms with Crippen molar-refractivity contribution in [3.8, 4) is 0 Å². The summed E-state index contributed by atoms with van der Waals surface area (Å²) in [4.78, 5) is 0.212. The molecule has 1 saturated carbocycles. The number of nitrogen functional groups attached to an aromatic ring is 1. The van der Waals surface area contributed by atoms with Gasteiger partial charge in [0.25, 0.3) is 0 Å². The number of nitrogens with zero attached hydrogens (tertiary/aromatic N) is 1. The van der Waals surface area contributed by atoms with Crippen molar-refractivity contribution < 1.29 is 8.42 Å². The molecule has 0 unspecified atom stereocenters. The van der Waals surface area contributed by atoms with Crippen molar-refractivity contribution in [2.75, 3.05) is 12.3 Å². The largest absolute Gasteiger partial charge is 0.397 e. The Kier molecular flexibility index (Phi) is 4.08. The quantitative estimate of drug-likeness (QED) is 0.851. The van der Waals surface area contributed by atoms with Gasteiger partial charge in [0.1, 0.15) is 0 Å². The normalized spacial score (nSPS) is 16.3. The van der Waals surface area contributed by atoms with E-state index in [0.717, 1.165) is 12.8 Å². The van der Waals surface area contributed by atoms with Crippen LogP contribution in [0.4, 0.5) is 5.69 Å². The Labute approximate surface area is 119 Å². The first kappa shape index (κ1) is 14.6. The highest BCUT2D eigenvalue weighted by molar-refractivity contribution is 7.89. The first-order chi connectivity index (χ1) is 8.82. The van der Waals surface area contributed by atoms with E-state index in [2.05, 4.69) is 0 Å². The van der Waals surface area contributed by atoms with Crippen LogP contribution in [0, 0.1) is 5.92 Å². The molecule has 0 radical (unpaired) electrons. The maximum atomic E-state index is 12.6. The Morgan fingerprint density at radius 1 is 1.42 bits per heavy atom. The summed E-state index contributed by atoms with van der Waals surface area (Å²) in [5, 5.41) is 0.372. The number of benzene rings is 1. The van der Waals surface area contributed by atoms with Gasteiger partial charge in [-0.2, -0.15) is 4.31 Å². The molecule has 106 valence electrons. The molecule has 0 atom stereocenters. The summed E-state index contributed by atoms with van der Waals surface area (Å²) in [6, 6.07) is 4.40. The topological polar surface area (TPSA) is 63.4 Å². The van der Waals surface area contributed by atoms with Crippen LogP contribution in [0.5, 0.6) is 0 Å². The molecule has 0 spiro atoms. The summed E-state index contributed by atoms with van der Waals surface area (Å²) >= 11 is 5.83. The smallest absolute Gasteiger partial charge is 0.243 e. The lowest BCUT2D eigenvalue weighted by Crippen LogP contribution is -2.38. The van der Waals surface area contributed by atoms with Crippen LogP contribution in [0.25, 0.3) is 0 Å². The second-order valence-electron chi connectivity index (χ2n) is 5.30. The fourth-order valence-electron chi connectivity index (χ4n) is 1.96. The second-order valence-corrected chi connectivity index (χ2v) is 7.59. The summed E-state index contributed by atoms with van der Waals surface area (Å²) < 4.78 is 26.8. The highest BCUT2D eigenvalue weighted by Gasteiger charge is 2.33. The van der Waals surface area contributed by atoms with Crippen molar-refractivity contribution in [1.29, 1.82) is 0 Å². The van der Waals surface area contributed by atoms with Gasteiger partial charge in [-0.05, 0) is 50.8 Å². The van der Waals surface area contributed by atoms with Gasteiger partial charge >= 0.3 is 0 Å². The molecule has 1 aliphatic rings. The Morgan fingerprint density at radius 3 is 2.53 bits per heavy atom. The summed E-state index contributed by atoms with van der Waals surface area (Å²) in [5.41, 5.74) is 5.98. The molecule has 4 nitrogen and oxygen atoms in total. The van der Waals surface area contributed by atoms with Crippen LogP contribution in [0.15, 0.2) is 23.1 Å². The minimum Gasteiger partial charge on any atom is -0.397 e. The first-order valence-electron chi connectivity index (χ1n) is 6.39. The van der Waals surface area contributed by atoms with E-state index in [9.17, 15) is 8.42 Å². The maximum Gasteiger partial charge on any atom is 0.243 e. The molecule has 1 aromatic carbocycles. The van der Waals surface area contributed by atoms with Crippen molar-refractivity contribution in [3.63, 3.8) is 0 Å². The van der Waals surface area contributed by atoms with E-state index >= 15 is 0 Å². The molecule has 2 N–H and O–H groups in total. The summed E-state index contributed by atoms with van der Waals surface area (Å²) in [7, 11) is -3.50. The van der Waals surface area contributed by atoms with Gasteiger partial charge in [-0.1, -0.05) is 11.6 Å². The average molecular weight is 303 g/mol. The molecule has 0 aliphatic heterocycles. The summed E-state index contributed by atoms with van der Waals surface area (Å²) in [6.07, 6.45) is 2.23. The Morgan fingerprint density at radius 2 is 2.05 bits per heavy atom. The van der Waals surface area contributed by atoms with E-state index in [1.165, 1.54) is 18.2 Å². The minimum atomic E-state index is -3.50. The third kappa shape index (κ3) is 3.22. The van der Waals surface area contributed by atoms with Gasteiger partial charge in [0.15, 0.2) is 0 Å². The number of hydrogen-bond donors (Lipinski definition) is 1. The van der Waals surface area contributed by atoms with Crippen molar-refractivity contribution in [2.45, 2.75) is 37.6 Å². The second kappa shape index (κ2) is 5.31. The molecule has 1 fully saturated rings. The first-order valence-corrected chi connectivity index (χ1v) is 8.21. The van der Waals surface area contributed by atoms with Crippen molar-refractivity contribution in [2.24, 2.45) is 5.92 Å². The molecular formula is C13H19ClN2O2S. The van der Waals surface area contributed by atoms with E-state index in [1.807, 2.05) is 13.8 Å². The van der Waals surface area contributed by atoms with Crippen molar-refractivity contribution in [1.82, 2.24) is 4.31 Å². The average Bonchev–Trinajstić information content (AvgIpc) is 3.12. The molecule has 1 aromatic rings. The molecule has 0 amide bonds. The molecular weight excluding hydrogens is 284 g/mol. The van der Waals surface area contributed by atoms with E-state index in [-0.39, 0.29) is 16.6 Å². The predicted octanol–water partition coefficient (Wildman–Crippen LogP) is 2.73. The number of halogens is 1. The van der Waals surface area contributed by atoms with Crippen LogP contribution in [0.1, 0.15) is 26.7 Å². The zero-order chi connectivity index (χ0) is 14.2. The van der Waals surface area contributed by atoms with Gasteiger partial charge in [-0.25, -0.2) is 8.42 Å². The number of sulfonamides is 1. The predicted molar refractivity (Wildman–Crippen MR) is 77.6 cm³/mol. The van der Waals surface area contributed by atoms with E-state index in [1.54, 1.807) is 4.31 Å². The number of anilines is 1. The molecule has 0 saturated heterocycles. The monoisotopic (exact) mass is 302 g/mol. The Bertz CT molecular complexity index is 568. The molecule has 0 bridgehead atoms. The lowest BCUT2D eigenvalue weighted by atomic mass is 10.3. The van der Waals surface area contributed by atoms with Crippen LogP contribution >= 0.6 is 11.6 Å². The number of nitrogens with two attached hydrogens (primary N) is 1. The third-order valence-corrected chi connectivity index (χ3v) is 5.67. The fraction of sp³-hybridized carbons (Fsp3) is 0.538. The van der Waals surface area contributed by atoms with Crippen LogP contribution in [0.3, 0.4) is 0 Å². The lowest BCUT2D eigenvalue weighted by molar-refractivity contribution is 0.342. The van der Waals surface area contributed by atoms with Crippen LogP contribution in [-0.2, 0) is 10.0 Å². The highest BCUT2D eigenvalue weighted by atomic mass is 35.5. The minimum absolute atomic E-state index is 0.0671. The zero-order valence-electron chi connectivity index (χ0n) is 11.1. The standard InChI is InChI=1S/C13H19ClN2O2S/c1-9(2)16(8-10-3-4-10)19(17,18)11-5-6-12(14)13(15)7-11/h5-7,9-10H,3-4,8,15H2,1-2H3. The molecule has 0 aromatic heterocycles. The van der Waals surface area contributed by atoms with Crippen LogP contribution in [-0.4, -0.2) is 25.3 Å². The number of rotatable bonds is 5. The van der Waals surface area contributed by atoms with Gasteiger partial charge in [0.05, 0.1) is 15.6 Å². The highest BCUT2D eigenvalue weighted by Crippen LogP contribution is 2.33. The zero-order valence-corrected chi connectivity index (χ0v) is 12.7. The van der Waals surface area contributed by atoms with Crippen LogP contribution < -0.4 is 5.73 Å². The molecule has 2 rings (SSSR count).